The second-order valence-electron chi connectivity index (χ2n) is 4.99. The topological polar surface area (TPSA) is 70.0 Å². The number of alkyl halides is 3. The fraction of sp³-hybridized carbons (Fsp3) is 0.900. The minimum atomic E-state index is -4.58. The lowest BCUT2D eigenvalue weighted by Crippen LogP contribution is -2.57. The molecule has 1 heterocycles. The van der Waals surface area contributed by atoms with Gasteiger partial charge in [0.15, 0.2) is 0 Å². The molecule has 1 saturated heterocycles. The second kappa shape index (κ2) is 4.74. The van der Waals surface area contributed by atoms with E-state index in [1.54, 1.807) is 0 Å². The van der Waals surface area contributed by atoms with Gasteiger partial charge in [0.2, 0.25) is 0 Å². The molecule has 1 N–H and O–H groups in total. The number of hydrogen-bond donors (Lipinski definition) is 1. The van der Waals surface area contributed by atoms with Crippen LogP contribution in [0.5, 0.6) is 0 Å². The molecule has 8 heteroatoms. The zero-order chi connectivity index (χ0) is 14.1. The van der Waals surface area contributed by atoms with E-state index in [-0.39, 0.29) is 19.3 Å². The van der Waals surface area contributed by atoms with Crippen LogP contribution in [0.2, 0.25) is 0 Å². The Morgan fingerprint density at radius 2 is 1.78 bits per heavy atom. The average Bonchev–Trinajstić information content (AvgIpc) is 2.26. The van der Waals surface area contributed by atoms with Crippen molar-refractivity contribution >= 4 is 5.97 Å². The minimum absolute atomic E-state index is 0.206. The zero-order valence-electron chi connectivity index (χ0n) is 10.1. The fourth-order valence-corrected chi connectivity index (χ4v) is 2.25. The SMILES string of the molecule is CC(C)(C(=O)O)C1CCCC(C(F)(F)F)N1N=O. The van der Waals surface area contributed by atoms with E-state index < -0.39 is 29.6 Å². The lowest BCUT2D eigenvalue weighted by Gasteiger charge is -2.43. The number of rotatable bonds is 3. The Kier molecular flexibility index (Phi) is 3.87. The van der Waals surface area contributed by atoms with E-state index in [0.717, 1.165) is 0 Å². The molecule has 2 unspecified atom stereocenters. The van der Waals surface area contributed by atoms with E-state index in [2.05, 4.69) is 5.29 Å². The Hall–Kier alpha value is -1.34. The molecule has 0 saturated carbocycles. The molecule has 0 radical (unpaired) electrons. The van der Waals surface area contributed by atoms with E-state index >= 15 is 0 Å². The maximum Gasteiger partial charge on any atom is 0.410 e. The number of nitrogens with zero attached hydrogens (tertiary/aromatic N) is 2. The lowest BCUT2D eigenvalue weighted by atomic mass is 9.78. The molecule has 0 bridgehead atoms. The van der Waals surface area contributed by atoms with Gasteiger partial charge in [0, 0.05) is 0 Å². The molecule has 2 atom stereocenters. The van der Waals surface area contributed by atoms with E-state index in [0.29, 0.717) is 5.01 Å². The van der Waals surface area contributed by atoms with Crippen LogP contribution >= 0.6 is 0 Å². The summed E-state index contributed by atoms with van der Waals surface area (Å²) in [6.45, 7) is 2.61. The van der Waals surface area contributed by atoms with Crippen LogP contribution in [0.3, 0.4) is 0 Å². The molecule has 0 aliphatic carbocycles. The monoisotopic (exact) mass is 268 g/mol. The number of halogens is 3. The molecule has 5 nitrogen and oxygen atoms in total. The first-order chi connectivity index (χ1) is 8.12. The van der Waals surface area contributed by atoms with Gasteiger partial charge < -0.3 is 5.11 Å². The standard InChI is InChI=1S/C10H15F3N2O3/c1-9(2,8(16)17)6-4-3-5-7(10(11,12)13)15(6)14-18/h6-7H,3-5H2,1-2H3,(H,16,17). The van der Waals surface area contributed by atoms with Gasteiger partial charge >= 0.3 is 12.1 Å². The summed E-state index contributed by atoms with van der Waals surface area (Å²) in [6, 6.07) is -3.04. The van der Waals surface area contributed by atoms with Crippen LogP contribution in [0, 0.1) is 10.3 Å². The van der Waals surface area contributed by atoms with Crippen LogP contribution in [-0.4, -0.2) is 34.3 Å². The van der Waals surface area contributed by atoms with E-state index in [1.807, 2.05) is 0 Å². The van der Waals surface area contributed by atoms with Crippen LogP contribution < -0.4 is 0 Å². The van der Waals surface area contributed by atoms with Crippen molar-refractivity contribution in [1.82, 2.24) is 5.01 Å². The Balaban J connectivity index is 3.06. The van der Waals surface area contributed by atoms with Gasteiger partial charge in [-0.3, -0.25) is 4.79 Å². The van der Waals surface area contributed by atoms with E-state index in [1.165, 1.54) is 13.8 Å². The Labute approximate surface area is 102 Å². The van der Waals surface area contributed by atoms with Crippen molar-refractivity contribution in [2.45, 2.75) is 51.4 Å². The largest absolute Gasteiger partial charge is 0.481 e. The summed E-state index contributed by atoms with van der Waals surface area (Å²) >= 11 is 0. The van der Waals surface area contributed by atoms with Gasteiger partial charge in [0.1, 0.15) is 6.04 Å². The quantitative estimate of drug-likeness (QED) is 0.798. The van der Waals surface area contributed by atoms with Gasteiger partial charge in [0.05, 0.1) is 16.7 Å². The molecule has 104 valence electrons. The average molecular weight is 268 g/mol. The first kappa shape index (κ1) is 14.7. The molecule has 0 aromatic heterocycles. The number of hydrogen-bond acceptors (Lipinski definition) is 3. The number of piperidine rings is 1. The van der Waals surface area contributed by atoms with Crippen molar-refractivity contribution in [3.05, 3.63) is 4.91 Å². The highest BCUT2D eigenvalue weighted by Crippen LogP contribution is 2.40. The van der Waals surface area contributed by atoms with Crippen molar-refractivity contribution in [1.29, 1.82) is 0 Å². The third-order valence-corrected chi connectivity index (χ3v) is 3.45. The molecule has 0 aromatic rings. The third kappa shape index (κ3) is 2.56. The zero-order valence-corrected chi connectivity index (χ0v) is 10.1. The number of carboxylic acid groups (broad SMARTS) is 1. The number of aliphatic carboxylic acids is 1. The van der Waals surface area contributed by atoms with Crippen LogP contribution in [0.15, 0.2) is 5.29 Å². The maximum atomic E-state index is 12.8. The van der Waals surface area contributed by atoms with Crippen LogP contribution in [0.25, 0.3) is 0 Å². The highest BCUT2D eigenvalue weighted by atomic mass is 19.4. The molecule has 1 aliphatic heterocycles. The lowest BCUT2D eigenvalue weighted by molar-refractivity contribution is -0.209. The number of nitroso groups, excluding NO2 is 1. The number of carboxylic acids is 1. The van der Waals surface area contributed by atoms with Crippen molar-refractivity contribution in [3.63, 3.8) is 0 Å². The van der Waals surface area contributed by atoms with Gasteiger partial charge in [-0.2, -0.15) is 13.2 Å². The highest BCUT2D eigenvalue weighted by molar-refractivity contribution is 5.74. The summed E-state index contributed by atoms with van der Waals surface area (Å²) in [7, 11) is 0. The van der Waals surface area contributed by atoms with Gasteiger partial charge in [-0.1, -0.05) is 0 Å². The molecule has 0 amide bonds. The van der Waals surface area contributed by atoms with Crippen molar-refractivity contribution in [3.8, 4) is 0 Å². The summed E-state index contributed by atoms with van der Waals surface area (Å²) in [5.41, 5.74) is -1.46. The number of carbonyl (C=O) groups is 1. The Morgan fingerprint density at radius 3 is 2.17 bits per heavy atom. The van der Waals surface area contributed by atoms with Crippen LogP contribution in [0.4, 0.5) is 13.2 Å². The van der Waals surface area contributed by atoms with Crippen LogP contribution in [-0.2, 0) is 4.79 Å². The highest BCUT2D eigenvalue weighted by Gasteiger charge is 2.53. The molecular weight excluding hydrogens is 253 g/mol. The van der Waals surface area contributed by atoms with E-state index in [4.69, 9.17) is 5.11 Å². The summed E-state index contributed by atoms with van der Waals surface area (Å²) in [6.07, 6.45) is -4.39. The Morgan fingerprint density at radius 1 is 1.28 bits per heavy atom. The van der Waals surface area contributed by atoms with Gasteiger partial charge in [-0.05, 0) is 33.1 Å². The molecule has 1 aliphatic rings. The molecular formula is C10H15F3N2O3. The maximum absolute atomic E-state index is 12.8. The molecule has 0 spiro atoms. The Bertz CT molecular complexity index is 344. The summed E-state index contributed by atoms with van der Waals surface area (Å²) in [5.74, 6) is -1.25. The molecule has 1 rings (SSSR count). The van der Waals surface area contributed by atoms with Gasteiger partial charge in [-0.25, -0.2) is 5.01 Å². The predicted octanol–water partition coefficient (Wildman–Crippen LogP) is 2.56. The van der Waals surface area contributed by atoms with Crippen molar-refractivity contribution in [2.24, 2.45) is 10.7 Å². The first-order valence-corrected chi connectivity index (χ1v) is 5.54. The first-order valence-electron chi connectivity index (χ1n) is 5.54. The molecule has 18 heavy (non-hydrogen) atoms. The second-order valence-corrected chi connectivity index (χ2v) is 4.99. The minimum Gasteiger partial charge on any atom is -0.481 e. The smallest absolute Gasteiger partial charge is 0.410 e. The summed E-state index contributed by atoms with van der Waals surface area (Å²) < 4.78 is 38.3. The van der Waals surface area contributed by atoms with Crippen LogP contribution in [0.1, 0.15) is 33.1 Å². The van der Waals surface area contributed by atoms with Crippen molar-refractivity contribution in [2.75, 3.05) is 0 Å². The summed E-state index contributed by atoms with van der Waals surface area (Å²) in [5, 5.41) is 11.8. The molecule has 0 aromatic carbocycles. The fourth-order valence-electron chi connectivity index (χ4n) is 2.25. The third-order valence-electron chi connectivity index (χ3n) is 3.45. The van der Waals surface area contributed by atoms with Gasteiger partial charge in [0.25, 0.3) is 0 Å². The molecule has 1 fully saturated rings. The predicted molar refractivity (Wildman–Crippen MR) is 56.5 cm³/mol. The van der Waals surface area contributed by atoms with E-state index in [9.17, 15) is 22.9 Å². The van der Waals surface area contributed by atoms with Crippen molar-refractivity contribution < 1.29 is 23.1 Å². The van der Waals surface area contributed by atoms with Gasteiger partial charge in [-0.15, -0.1) is 4.91 Å². The normalized spacial score (nSPS) is 25.9. The summed E-state index contributed by atoms with van der Waals surface area (Å²) in [4.78, 5) is 21.8.